The van der Waals surface area contributed by atoms with Gasteiger partial charge in [-0.2, -0.15) is 0 Å². The van der Waals surface area contributed by atoms with E-state index in [2.05, 4.69) is 67.0 Å². The second-order valence-corrected chi connectivity index (χ2v) is 18.7. The maximum Gasteiger partial charge on any atom is 0.201 e. The SMILES string of the molecule is Cc1nc(-c2nc(Nc3cc(F)cc(F)c3)cc(N(Nc3ccc(F)c(-c4nc(Nc5cc(F)cc(F)c5)cc(N(Nc5ccnc(-c6nc(NCC7CC7)cc(Nc7cc(F)cc(F)c7)n6)n5)C(C)C)n4)n3)C(C)C)n2)co1. The van der Waals surface area contributed by atoms with Crippen LogP contribution in [0.4, 0.5) is 94.3 Å². The van der Waals surface area contributed by atoms with Crippen LogP contribution in [0, 0.1) is 53.6 Å². The van der Waals surface area contributed by atoms with Crippen LogP contribution < -0.4 is 42.1 Å². The second kappa shape index (κ2) is 22.5. The lowest BCUT2D eigenvalue weighted by molar-refractivity contribution is 0.521. The number of anilines is 11. The lowest BCUT2D eigenvalue weighted by atomic mass is 10.2. The summed E-state index contributed by atoms with van der Waals surface area (Å²) in [6, 6.07) is 16.5. The normalized spacial score (nSPS) is 12.2. The number of hydrazine groups is 2. The largest absolute Gasteiger partial charge is 0.449 e. The van der Waals surface area contributed by atoms with E-state index < -0.39 is 52.8 Å². The number of halogens is 7. The number of nitrogens with one attached hydrogen (secondary N) is 6. The molecule has 1 aliphatic carbocycles. The highest BCUT2D eigenvalue weighted by atomic mass is 19.2. The zero-order valence-electron chi connectivity index (χ0n) is 42.6. The van der Waals surface area contributed by atoms with Crippen molar-refractivity contribution in [2.75, 3.05) is 48.7 Å². The number of pyridine rings is 1. The molecule has 10 rings (SSSR count). The molecular weight excluding hydrogens is 1040 g/mol. The van der Waals surface area contributed by atoms with Crippen molar-refractivity contribution in [2.24, 2.45) is 5.92 Å². The Hall–Kier alpha value is -9.75. The standard InChI is InChI=1S/C53H47F7N18O/c1-26(2)77(47-22-45(65-37-17-32(56)13-33(57)18-37)70-50(73-47)40-25-79-28(5)63-40)75-41-9-8-39(60)49(67-41)51-71-46(66-38-19-34(58)14-35(59)20-38)23-48(74-51)78(27(3)4)76-42-10-11-61-52(68-42)53-69-43(62-24-29-6-7-29)21-44(72-53)64-36-15-30(54)12-31(55)16-36/h8-23,25-27,29H,6-7,24H2,1-5H3,(H,67,75)(H,61,68,76)(H,65,70,73)(H,66,71,74)(H2,62,64,69,72). The van der Waals surface area contributed by atoms with E-state index in [1.807, 2.05) is 27.7 Å². The van der Waals surface area contributed by atoms with Gasteiger partial charge in [0.15, 0.2) is 40.8 Å². The molecule has 0 bridgehead atoms. The van der Waals surface area contributed by atoms with Crippen LogP contribution in [0.5, 0.6) is 0 Å². The van der Waals surface area contributed by atoms with Gasteiger partial charge in [-0.05, 0) is 95.0 Å². The highest BCUT2D eigenvalue weighted by molar-refractivity contribution is 5.69. The summed E-state index contributed by atoms with van der Waals surface area (Å²) in [7, 11) is 0. The number of aromatic nitrogens is 10. The van der Waals surface area contributed by atoms with Gasteiger partial charge < -0.3 is 25.7 Å². The van der Waals surface area contributed by atoms with E-state index in [4.69, 9.17) is 19.4 Å². The maximum atomic E-state index is 16.3. The molecule has 0 atom stereocenters. The summed E-state index contributed by atoms with van der Waals surface area (Å²) in [4.78, 5) is 45.9. The van der Waals surface area contributed by atoms with E-state index >= 15 is 4.39 Å². The third-order valence-electron chi connectivity index (χ3n) is 11.6. The minimum absolute atomic E-state index is 0.0267. The Morgan fingerprint density at radius 1 is 0.494 bits per heavy atom. The van der Waals surface area contributed by atoms with Gasteiger partial charge in [0, 0.05) is 91.3 Å². The van der Waals surface area contributed by atoms with E-state index in [1.54, 1.807) is 29.1 Å². The molecule has 1 saturated carbocycles. The summed E-state index contributed by atoms with van der Waals surface area (Å²) in [6.07, 6.45) is 4.94. The Morgan fingerprint density at radius 3 is 1.47 bits per heavy atom. The molecular formula is C53H47F7N18O. The number of benzene rings is 3. The first-order valence-corrected chi connectivity index (χ1v) is 24.6. The second-order valence-electron chi connectivity index (χ2n) is 18.7. The monoisotopic (exact) mass is 1080 g/mol. The van der Waals surface area contributed by atoms with Crippen LogP contribution in [-0.4, -0.2) is 68.5 Å². The van der Waals surface area contributed by atoms with Crippen LogP contribution in [0.2, 0.25) is 0 Å². The third-order valence-corrected chi connectivity index (χ3v) is 11.6. The van der Waals surface area contributed by atoms with Crippen LogP contribution in [0.15, 0.2) is 108 Å². The van der Waals surface area contributed by atoms with Crippen molar-refractivity contribution in [3.63, 3.8) is 0 Å². The third kappa shape index (κ3) is 13.3. The zero-order valence-corrected chi connectivity index (χ0v) is 42.6. The zero-order chi connectivity index (χ0) is 55.5. The summed E-state index contributed by atoms with van der Waals surface area (Å²) in [5.74, 6) is -3.77. The average molecular weight is 1090 g/mol. The molecule has 6 heterocycles. The number of hydrogen-bond acceptors (Lipinski definition) is 19. The number of rotatable bonds is 20. The van der Waals surface area contributed by atoms with E-state index in [-0.39, 0.29) is 92.5 Å². The number of nitrogens with zero attached hydrogens (tertiary/aromatic N) is 12. The van der Waals surface area contributed by atoms with Crippen LogP contribution in [0.1, 0.15) is 46.4 Å². The first kappa shape index (κ1) is 52.7. The summed E-state index contributed by atoms with van der Waals surface area (Å²) in [6.45, 7) is 9.57. The molecule has 9 aromatic rings. The molecule has 0 aliphatic heterocycles. The molecule has 0 unspecified atom stereocenters. The minimum Gasteiger partial charge on any atom is -0.449 e. The molecule has 0 saturated heterocycles. The number of oxazole rings is 1. The van der Waals surface area contributed by atoms with Crippen LogP contribution in [-0.2, 0) is 0 Å². The molecule has 26 heteroatoms. The predicted octanol–water partition coefficient (Wildman–Crippen LogP) is 12.0. The average Bonchev–Trinajstić information content (AvgIpc) is 4.13. The topological polar surface area (TPSA) is 221 Å². The van der Waals surface area contributed by atoms with Gasteiger partial charge in [0.25, 0.3) is 0 Å². The minimum atomic E-state index is -0.875. The van der Waals surface area contributed by atoms with Gasteiger partial charge in [-0.1, -0.05) is 0 Å². The Kier molecular flexibility index (Phi) is 15.0. The molecule has 404 valence electrons. The van der Waals surface area contributed by atoms with E-state index in [0.29, 0.717) is 30.2 Å². The fourth-order valence-corrected chi connectivity index (χ4v) is 7.86. The van der Waals surface area contributed by atoms with Crippen molar-refractivity contribution in [1.82, 2.24) is 49.8 Å². The fourth-order valence-electron chi connectivity index (χ4n) is 7.86. The van der Waals surface area contributed by atoms with E-state index in [0.717, 1.165) is 67.4 Å². The Balaban J connectivity index is 0.995. The van der Waals surface area contributed by atoms with Gasteiger partial charge in [0.2, 0.25) is 5.82 Å². The molecule has 3 aromatic carbocycles. The van der Waals surface area contributed by atoms with E-state index in [9.17, 15) is 26.3 Å². The maximum absolute atomic E-state index is 16.3. The fraction of sp³-hybridized carbons (Fsp3) is 0.208. The Morgan fingerprint density at radius 2 is 0.962 bits per heavy atom. The molecule has 6 N–H and O–H groups in total. The van der Waals surface area contributed by atoms with Crippen molar-refractivity contribution in [3.05, 3.63) is 150 Å². The molecule has 0 amide bonds. The van der Waals surface area contributed by atoms with Crippen molar-refractivity contribution in [3.8, 4) is 34.7 Å². The first-order valence-electron chi connectivity index (χ1n) is 24.6. The quantitative estimate of drug-likeness (QED) is 0.0309. The lowest BCUT2D eigenvalue weighted by Crippen LogP contribution is -2.38. The van der Waals surface area contributed by atoms with Gasteiger partial charge >= 0.3 is 0 Å². The number of hydrogen-bond donors (Lipinski definition) is 6. The van der Waals surface area contributed by atoms with Gasteiger partial charge in [0.1, 0.15) is 87.5 Å². The molecule has 0 spiro atoms. The Labute approximate surface area is 446 Å². The molecule has 1 aliphatic rings. The first-order chi connectivity index (χ1) is 37.9. The number of aryl methyl sites for hydroxylation is 1. The summed E-state index contributed by atoms with van der Waals surface area (Å²) in [5.41, 5.74) is 6.44. The predicted molar refractivity (Wildman–Crippen MR) is 283 cm³/mol. The highest BCUT2D eigenvalue weighted by Crippen LogP contribution is 2.33. The Bertz CT molecular complexity index is 3640. The van der Waals surface area contributed by atoms with Gasteiger partial charge in [0.05, 0.1) is 0 Å². The van der Waals surface area contributed by atoms with Crippen molar-refractivity contribution in [1.29, 1.82) is 0 Å². The summed E-state index contributed by atoms with van der Waals surface area (Å²) < 4.78 is 108. The molecule has 6 aromatic heterocycles. The van der Waals surface area contributed by atoms with Gasteiger partial charge in [-0.3, -0.25) is 20.9 Å². The van der Waals surface area contributed by atoms with Crippen LogP contribution in [0.3, 0.4) is 0 Å². The van der Waals surface area contributed by atoms with Crippen LogP contribution >= 0.6 is 0 Å². The van der Waals surface area contributed by atoms with Crippen molar-refractivity contribution in [2.45, 2.75) is 59.5 Å². The lowest BCUT2D eigenvalue weighted by Gasteiger charge is -2.30. The summed E-state index contributed by atoms with van der Waals surface area (Å²) in [5, 5.41) is 15.2. The molecule has 19 nitrogen and oxygen atoms in total. The van der Waals surface area contributed by atoms with E-state index in [1.165, 1.54) is 30.7 Å². The molecule has 79 heavy (non-hydrogen) atoms. The van der Waals surface area contributed by atoms with Gasteiger partial charge in [-0.25, -0.2) is 80.6 Å². The summed E-state index contributed by atoms with van der Waals surface area (Å²) >= 11 is 0. The molecule has 1 fully saturated rings. The van der Waals surface area contributed by atoms with Crippen molar-refractivity contribution < 1.29 is 35.2 Å². The van der Waals surface area contributed by atoms with Gasteiger partial charge in [-0.15, -0.1) is 0 Å². The highest BCUT2D eigenvalue weighted by Gasteiger charge is 2.25. The van der Waals surface area contributed by atoms with Crippen molar-refractivity contribution >= 4 is 63.6 Å². The van der Waals surface area contributed by atoms with Crippen LogP contribution in [0.25, 0.3) is 34.7 Å². The molecule has 0 radical (unpaired) electrons. The smallest absolute Gasteiger partial charge is 0.201 e.